The van der Waals surface area contributed by atoms with Gasteiger partial charge in [-0.3, -0.25) is 19.6 Å². The Kier molecular flexibility index (Phi) is 6.25. The molecule has 0 fully saturated rings. The summed E-state index contributed by atoms with van der Waals surface area (Å²) in [5.74, 6) is -0.429. The zero-order valence-corrected chi connectivity index (χ0v) is 17.3. The third kappa shape index (κ3) is 5.07. The molecule has 0 aliphatic rings. The van der Waals surface area contributed by atoms with E-state index in [1.165, 1.54) is 48.5 Å². The minimum absolute atomic E-state index is 0.188. The number of nitro benzene ring substituents is 1. The van der Waals surface area contributed by atoms with Crippen molar-refractivity contribution in [3.05, 3.63) is 92.5 Å². The van der Waals surface area contributed by atoms with E-state index in [0.717, 1.165) is 6.07 Å². The van der Waals surface area contributed by atoms with Gasteiger partial charge in [-0.25, -0.2) is 8.42 Å². The Hall–Kier alpha value is -3.14. The van der Waals surface area contributed by atoms with E-state index in [1.54, 1.807) is 12.1 Å². The molecule has 0 heterocycles. The summed E-state index contributed by atoms with van der Waals surface area (Å²) in [6, 6.07) is 15.0. The first kappa shape index (κ1) is 21.6. The Labute approximate surface area is 181 Å². The maximum atomic E-state index is 12.5. The normalized spacial score (nSPS) is 11.0. The molecule has 0 bridgehead atoms. The van der Waals surface area contributed by atoms with Gasteiger partial charge in [-0.1, -0.05) is 29.3 Å². The number of nitrogens with zero attached hydrogens (tertiary/aromatic N) is 1. The standard InChI is InChI=1S/C19H13Cl2N3O5S/c20-17-9-8-14(10-18(17)21)22-19(25)12-4-6-13(7-5-12)23-30(28,29)16-3-1-2-15(11-16)24(26)27/h1-11,23H,(H,22,25). The molecule has 0 aliphatic heterocycles. The number of carbonyl (C=O) groups excluding carboxylic acids is 1. The lowest BCUT2D eigenvalue weighted by atomic mass is 10.2. The Morgan fingerprint density at radius 2 is 1.57 bits per heavy atom. The molecule has 1 amide bonds. The van der Waals surface area contributed by atoms with Gasteiger partial charge in [0.2, 0.25) is 0 Å². The molecule has 0 aromatic heterocycles. The van der Waals surface area contributed by atoms with Crippen molar-refractivity contribution in [1.29, 1.82) is 0 Å². The van der Waals surface area contributed by atoms with E-state index >= 15 is 0 Å². The van der Waals surface area contributed by atoms with E-state index in [1.807, 2.05) is 0 Å². The van der Waals surface area contributed by atoms with Crippen LogP contribution in [0.15, 0.2) is 71.6 Å². The van der Waals surface area contributed by atoms with E-state index in [2.05, 4.69) is 10.0 Å². The average Bonchev–Trinajstić information content (AvgIpc) is 2.71. The molecular weight excluding hydrogens is 453 g/mol. The molecule has 30 heavy (non-hydrogen) atoms. The number of carbonyl (C=O) groups is 1. The lowest BCUT2D eigenvalue weighted by Crippen LogP contribution is -2.14. The molecule has 3 aromatic carbocycles. The fourth-order valence-corrected chi connectivity index (χ4v) is 3.84. The van der Waals surface area contributed by atoms with Crippen molar-refractivity contribution in [2.75, 3.05) is 10.0 Å². The van der Waals surface area contributed by atoms with E-state index < -0.39 is 20.9 Å². The molecule has 11 heteroatoms. The van der Waals surface area contributed by atoms with Crippen LogP contribution in [0.25, 0.3) is 0 Å². The van der Waals surface area contributed by atoms with Crippen molar-refractivity contribution in [3.8, 4) is 0 Å². The minimum Gasteiger partial charge on any atom is -0.322 e. The second kappa shape index (κ2) is 8.70. The predicted molar refractivity (Wildman–Crippen MR) is 115 cm³/mol. The van der Waals surface area contributed by atoms with Crippen molar-refractivity contribution in [2.45, 2.75) is 4.90 Å². The van der Waals surface area contributed by atoms with Crippen LogP contribution in [0.1, 0.15) is 10.4 Å². The van der Waals surface area contributed by atoms with E-state index in [9.17, 15) is 23.3 Å². The summed E-state index contributed by atoms with van der Waals surface area (Å²) < 4.78 is 27.2. The summed E-state index contributed by atoms with van der Waals surface area (Å²) in [6.45, 7) is 0. The Balaban J connectivity index is 1.73. The molecule has 3 rings (SSSR count). The van der Waals surface area contributed by atoms with E-state index in [0.29, 0.717) is 15.7 Å². The SMILES string of the molecule is O=C(Nc1ccc(Cl)c(Cl)c1)c1ccc(NS(=O)(=O)c2cccc([N+](=O)[O-])c2)cc1. The summed E-state index contributed by atoms with van der Waals surface area (Å²) in [4.78, 5) is 22.3. The van der Waals surface area contributed by atoms with Crippen LogP contribution >= 0.6 is 23.2 Å². The monoisotopic (exact) mass is 465 g/mol. The fourth-order valence-electron chi connectivity index (χ4n) is 2.45. The Bertz CT molecular complexity index is 1230. The topological polar surface area (TPSA) is 118 Å². The zero-order valence-electron chi connectivity index (χ0n) is 15.0. The van der Waals surface area contributed by atoms with Crippen LogP contribution < -0.4 is 10.0 Å². The molecule has 0 unspecified atom stereocenters. The van der Waals surface area contributed by atoms with Crippen molar-refractivity contribution in [1.82, 2.24) is 0 Å². The van der Waals surface area contributed by atoms with Gasteiger partial charge in [-0.05, 0) is 48.5 Å². The van der Waals surface area contributed by atoms with Crippen LogP contribution in [0.5, 0.6) is 0 Å². The van der Waals surface area contributed by atoms with Crippen LogP contribution in [0.4, 0.5) is 17.1 Å². The fraction of sp³-hybridized carbons (Fsp3) is 0. The highest BCUT2D eigenvalue weighted by Crippen LogP contribution is 2.25. The number of rotatable bonds is 6. The summed E-state index contributed by atoms with van der Waals surface area (Å²) in [5, 5.41) is 14.1. The number of nitro groups is 1. The van der Waals surface area contributed by atoms with Crippen LogP contribution in [0.2, 0.25) is 10.0 Å². The van der Waals surface area contributed by atoms with Gasteiger partial charge < -0.3 is 5.32 Å². The average molecular weight is 466 g/mol. The first-order valence-corrected chi connectivity index (χ1v) is 10.5. The molecule has 0 saturated carbocycles. The van der Waals surface area contributed by atoms with Gasteiger partial charge in [0, 0.05) is 29.1 Å². The minimum atomic E-state index is -4.04. The molecule has 0 aliphatic carbocycles. The number of hydrogen-bond donors (Lipinski definition) is 2. The van der Waals surface area contributed by atoms with Crippen LogP contribution in [0.3, 0.4) is 0 Å². The van der Waals surface area contributed by atoms with Crippen molar-refractivity contribution < 1.29 is 18.1 Å². The van der Waals surface area contributed by atoms with Gasteiger partial charge in [-0.2, -0.15) is 0 Å². The summed E-state index contributed by atoms with van der Waals surface area (Å²) in [7, 11) is -4.04. The Morgan fingerprint density at radius 3 is 2.20 bits per heavy atom. The van der Waals surface area contributed by atoms with E-state index in [-0.39, 0.29) is 21.8 Å². The van der Waals surface area contributed by atoms with Gasteiger partial charge in [0.1, 0.15) is 0 Å². The third-order valence-corrected chi connectivity index (χ3v) is 6.03. The number of anilines is 2. The molecule has 0 saturated heterocycles. The highest BCUT2D eigenvalue weighted by molar-refractivity contribution is 7.92. The number of non-ortho nitro benzene ring substituents is 1. The van der Waals surface area contributed by atoms with Gasteiger partial charge in [-0.15, -0.1) is 0 Å². The lowest BCUT2D eigenvalue weighted by Gasteiger charge is -2.10. The van der Waals surface area contributed by atoms with Gasteiger partial charge in [0.05, 0.1) is 19.9 Å². The Morgan fingerprint density at radius 1 is 0.900 bits per heavy atom. The quantitative estimate of drug-likeness (QED) is 0.394. The number of hydrogen-bond acceptors (Lipinski definition) is 5. The van der Waals surface area contributed by atoms with Crippen LogP contribution in [-0.4, -0.2) is 19.2 Å². The maximum absolute atomic E-state index is 12.5. The summed E-state index contributed by atoms with van der Waals surface area (Å²) >= 11 is 11.8. The number of amides is 1. The first-order chi connectivity index (χ1) is 14.2. The summed E-state index contributed by atoms with van der Waals surface area (Å²) in [6.07, 6.45) is 0. The third-order valence-electron chi connectivity index (χ3n) is 3.92. The first-order valence-electron chi connectivity index (χ1n) is 8.29. The van der Waals surface area contributed by atoms with Crippen LogP contribution in [0, 0.1) is 10.1 Å². The molecule has 0 radical (unpaired) electrons. The van der Waals surface area contributed by atoms with Gasteiger partial charge >= 0.3 is 0 Å². The van der Waals surface area contributed by atoms with Crippen molar-refractivity contribution >= 4 is 56.2 Å². The number of halogens is 2. The summed E-state index contributed by atoms with van der Waals surface area (Å²) in [5.41, 5.74) is 0.573. The number of sulfonamides is 1. The second-order valence-corrected chi connectivity index (χ2v) is 8.52. The van der Waals surface area contributed by atoms with Gasteiger partial charge in [0.25, 0.3) is 21.6 Å². The smallest absolute Gasteiger partial charge is 0.270 e. The zero-order chi connectivity index (χ0) is 21.9. The molecular formula is C19H13Cl2N3O5S. The largest absolute Gasteiger partial charge is 0.322 e. The van der Waals surface area contributed by atoms with E-state index in [4.69, 9.17) is 23.2 Å². The highest BCUT2D eigenvalue weighted by Gasteiger charge is 2.18. The molecule has 0 atom stereocenters. The lowest BCUT2D eigenvalue weighted by molar-refractivity contribution is -0.385. The highest BCUT2D eigenvalue weighted by atomic mass is 35.5. The second-order valence-electron chi connectivity index (χ2n) is 6.02. The van der Waals surface area contributed by atoms with Crippen molar-refractivity contribution in [2.24, 2.45) is 0 Å². The molecule has 154 valence electrons. The molecule has 8 nitrogen and oxygen atoms in total. The number of nitrogens with one attached hydrogen (secondary N) is 2. The molecule has 3 aromatic rings. The number of benzene rings is 3. The predicted octanol–water partition coefficient (Wildman–Crippen LogP) is 4.95. The van der Waals surface area contributed by atoms with Crippen molar-refractivity contribution in [3.63, 3.8) is 0 Å². The van der Waals surface area contributed by atoms with Gasteiger partial charge in [0.15, 0.2) is 0 Å². The molecule has 2 N–H and O–H groups in total. The maximum Gasteiger partial charge on any atom is 0.270 e. The van der Waals surface area contributed by atoms with Crippen LogP contribution in [-0.2, 0) is 10.0 Å². The molecule has 0 spiro atoms.